The quantitative estimate of drug-likeness (QED) is 0.681. The number of pyridine rings is 1. The SMILES string of the molecule is CCCc1cc(C#N)c(=O)n(Cc2ccc(-c3ccccc3C(=O)O)cc2)c1C. The molecule has 1 aromatic heterocycles. The maximum Gasteiger partial charge on any atom is 0.336 e. The third-order valence-electron chi connectivity index (χ3n) is 5.07. The lowest BCUT2D eigenvalue weighted by atomic mass is 9.98. The molecule has 0 aliphatic rings. The van der Waals surface area contributed by atoms with Gasteiger partial charge in [-0.3, -0.25) is 4.79 Å². The van der Waals surface area contributed by atoms with Crippen LogP contribution in [0.2, 0.25) is 0 Å². The topological polar surface area (TPSA) is 83.1 Å². The van der Waals surface area contributed by atoms with Gasteiger partial charge < -0.3 is 9.67 Å². The number of aromatic carboxylic acids is 1. The maximum absolute atomic E-state index is 12.7. The minimum absolute atomic E-state index is 0.158. The summed E-state index contributed by atoms with van der Waals surface area (Å²) in [7, 11) is 0. The lowest BCUT2D eigenvalue weighted by molar-refractivity contribution is 0.0697. The van der Waals surface area contributed by atoms with E-state index in [1.165, 1.54) is 0 Å². The standard InChI is InChI=1S/C24H22N2O3/c1-3-6-19-13-20(14-25)23(27)26(16(19)2)15-17-9-11-18(12-10-17)21-7-4-5-8-22(21)24(28)29/h4-5,7-13H,3,6,15H2,1-2H3,(H,28,29). The van der Waals surface area contributed by atoms with Crippen LogP contribution in [0.3, 0.4) is 0 Å². The van der Waals surface area contributed by atoms with Crippen LogP contribution in [0.15, 0.2) is 59.4 Å². The molecule has 0 spiro atoms. The van der Waals surface area contributed by atoms with Gasteiger partial charge in [-0.05, 0) is 47.7 Å². The van der Waals surface area contributed by atoms with Crippen molar-refractivity contribution in [3.63, 3.8) is 0 Å². The molecule has 0 fully saturated rings. The molecule has 0 amide bonds. The van der Waals surface area contributed by atoms with Crippen molar-refractivity contribution in [2.45, 2.75) is 33.2 Å². The molecule has 0 unspecified atom stereocenters. The number of rotatable bonds is 6. The summed E-state index contributed by atoms with van der Waals surface area (Å²) in [6.07, 6.45) is 1.74. The van der Waals surface area contributed by atoms with Gasteiger partial charge in [0.25, 0.3) is 5.56 Å². The molecule has 0 aliphatic heterocycles. The minimum atomic E-state index is -0.969. The fraction of sp³-hybridized carbons (Fsp3) is 0.208. The molecule has 0 radical (unpaired) electrons. The Hall–Kier alpha value is -3.65. The van der Waals surface area contributed by atoms with Gasteiger partial charge in [-0.25, -0.2) is 4.79 Å². The summed E-state index contributed by atoms with van der Waals surface area (Å²) in [6, 6.07) is 18.1. The van der Waals surface area contributed by atoms with Crippen LogP contribution in [-0.2, 0) is 13.0 Å². The highest BCUT2D eigenvalue weighted by molar-refractivity contribution is 5.95. The van der Waals surface area contributed by atoms with Gasteiger partial charge in [0.1, 0.15) is 11.6 Å². The maximum atomic E-state index is 12.7. The number of aromatic nitrogens is 1. The van der Waals surface area contributed by atoms with E-state index in [9.17, 15) is 20.0 Å². The molecular weight excluding hydrogens is 364 g/mol. The lowest BCUT2D eigenvalue weighted by Gasteiger charge is -2.15. The fourth-order valence-corrected chi connectivity index (χ4v) is 3.50. The molecule has 3 aromatic rings. The van der Waals surface area contributed by atoms with Gasteiger partial charge in [0.2, 0.25) is 0 Å². The van der Waals surface area contributed by atoms with Crippen LogP contribution < -0.4 is 5.56 Å². The Balaban J connectivity index is 1.98. The smallest absolute Gasteiger partial charge is 0.336 e. The highest BCUT2D eigenvalue weighted by Crippen LogP contribution is 2.24. The van der Waals surface area contributed by atoms with Crippen LogP contribution >= 0.6 is 0 Å². The third-order valence-corrected chi connectivity index (χ3v) is 5.07. The second-order valence-corrected chi connectivity index (χ2v) is 6.97. The van der Waals surface area contributed by atoms with Crippen molar-refractivity contribution < 1.29 is 9.90 Å². The van der Waals surface area contributed by atoms with E-state index < -0.39 is 5.97 Å². The number of carbonyl (C=O) groups is 1. The first-order chi connectivity index (χ1) is 14.0. The van der Waals surface area contributed by atoms with Gasteiger partial charge in [-0.15, -0.1) is 0 Å². The summed E-state index contributed by atoms with van der Waals surface area (Å²) in [4.78, 5) is 24.1. The molecule has 3 rings (SSSR count). The Morgan fingerprint density at radius 2 is 1.83 bits per heavy atom. The second-order valence-electron chi connectivity index (χ2n) is 6.97. The molecule has 5 nitrogen and oxygen atoms in total. The van der Waals surface area contributed by atoms with Crippen molar-refractivity contribution in [1.29, 1.82) is 5.26 Å². The number of hydrogen-bond acceptors (Lipinski definition) is 3. The Bertz CT molecular complexity index is 1150. The molecule has 0 atom stereocenters. The van der Waals surface area contributed by atoms with Gasteiger partial charge in [-0.2, -0.15) is 5.26 Å². The Morgan fingerprint density at radius 3 is 2.45 bits per heavy atom. The predicted molar refractivity (Wildman–Crippen MR) is 112 cm³/mol. The number of carboxylic acid groups (broad SMARTS) is 1. The number of nitrogens with zero attached hydrogens (tertiary/aromatic N) is 2. The molecule has 0 saturated carbocycles. The zero-order chi connectivity index (χ0) is 21.0. The van der Waals surface area contributed by atoms with Crippen molar-refractivity contribution in [1.82, 2.24) is 4.57 Å². The largest absolute Gasteiger partial charge is 0.478 e. The molecule has 2 aromatic carbocycles. The number of nitriles is 1. The number of benzene rings is 2. The first-order valence-electron chi connectivity index (χ1n) is 9.51. The van der Waals surface area contributed by atoms with Gasteiger partial charge in [-0.1, -0.05) is 55.8 Å². The first-order valence-corrected chi connectivity index (χ1v) is 9.51. The number of carboxylic acids is 1. The van der Waals surface area contributed by atoms with Gasteiger partial charge in [0.05, 0.1) is 12.1 Å². The van der Waals surface area contributed by atoms with E-state index in [0.29, 0.717) is 12.1 Å². The van der Waals surface area contributed by atoms with Crippen molar-refractivity contribution in [2.24, 2.45) is 0 Å². The van der Waals surface area contributed by atoms with Crippen molar-refractivity contribution in [3.05, 3.63) is 92.9 Å². The summed E-state index contributed by atoms with van der Waals surface area (Å²) in [5, 5.41) is 18.7. The Kier molecular flexibility index (Phi) is 5.94. The molecule has 5 heteroatoms. The van der Waals surface area contributed by atoms with Crippen LogP contribution in [-0.4, -0.2) is 15.6 Å². The van der Waals surface area contributed by atoms with E-state index in [-0.39, 0.29) is 16.7 Å². The molecule has 1 N–H and O–H groups in total. The van der Waals surface area contributed by atoms with E-state index in [1.807, 2.05) is 37.3 Å². The molecule has 0 bridgehead atoms. The highest BCUT2D eigenvalue weighted by atomic mass is 16.4. The number of hydrogen-bond donors (Lipinski definition) is 1. The lowest BCUT2D eigenvalue weighted by Crippen LogP contribution is -2.26. The number of aryl methyl sites for hydroxylation is 1. The molecule has 0 saturated heterocycles. The van der Waals surface area contributed by atoms with E-state index >= 15 is 0 Å². The van der Waals surface area contributed by atoms with Crippen LogP contribution in [0.4, 0.5) is 0 Å². The normalized spacial score (nSPS) is 10.5. The highest BCUT2D eigenvalue weighted by Gasteiger charge is 2.13. The van der Waals surface area contributed by atoms with E-state index in [4.69, 9.17) is 0 Å². The minimum Gasteiger partial charge on any atom is -0.478 e. The van der Waals surface area contributed by atoms with Gasteiger partial charge in [0, 0.05) is 5.69 Å². The molecule has 1 heterocycles. The first kappa shape index (κ1) is 20.1. The van der Waals surface area contributed by atoms with E-state index in [0.717, 1.165) is 35.2 Å². The van der Waals surface area contributed by atoms with Crippen LogP contribution in [0.25, 0.3) is 11.1 Å². The van der Waals surface area contributed by atoms with Crippen LogP contribution in [0.1, 0.15) is 46.1 Å². The molecule has 146 valence electrons. The van der Waals surface area contributed by atoms with Gasteiger partial charge >= 0.3 is 5.97 Å². The predicted octanol–water partition coefficient (Wildman–Crippen LogP) is 4.39. The van der Waals surface area contributed by atoms with Crippen LogP contribution in [0.5, 0.6) is 0 Å². The summed E-state index contributed by atoms with van der Waals surface area (Å²) in [5.74, 6) is -0.969. The monoisotopic (exact) mass is 386 g/mol. The zero-order valence-electron chi connectivity index (χ0n) is 16.5. The Morgan fingerprint density at radius 1 is 1.14 bits per heavy atom. The van der Waals surface area contributed by atoms with E-state index in [2.05, 4.69) is 6.92 Å². The average molecular weight is 386 g/mol. The summed E-state index contributed by atoms with van der Waals surface area (Å²) >= 11 is 0. The van der Waals surface area contributed by atoms with Crippen molar-refractivity contribution in [2.75, 3.05) is 0 Å². The van der Waals surface area contributed by atoms with Crippen LogP contribution in [0, 0.1) is 18.3 Å². The van der Waals surface area contributed by atoms with E-state index in [1.54, 1.807) is 34.9 Å². The average Bonchev–Trinajstić information content (AvgIpc) is 2.73. The van der Waals surface area contributed by atoms with Gasteiger partial charge in [0.15, 0.2) is 0 Å². The third kappa shape index (κ3) is 4.12. The van der Waals surface area contributed by atoms with Crippen molar-refractivity contribution in [3.8, 4) is 17.2 Å². The fourth-order valence-electron chi connectivity index (χ4n) is 3.50. The Labute approximate surface area is 169 Å². The van der Waals surface area contributed by atoms with Crippen molar-refractivity contribution >= 4 is 5.97 Å². The second kappa shape index (κ2) is 8.57. The summed E-state index contributed by atoms with van der Waals surface area (Å²) in [5.41, 5.74) is 4.36. The molecule has 29 heavy (non-hydrogen) atoms. The molecule has 0 aliphatic carbocycles. The summed E-state index contributed by atoms with van der Waals surface area (Å²) < 4.78 is 1.64. The zero-order valence-corrected chi connectivity index (χ0v) is 16.5. The summed E-state index contributed by atoms with van der Waals surface area (Å²) in [6.45, 7) is 4.33. The molecular formula is C24H22N2O3.